The molecular weight excluding hydrogens is 500 g/mol. The Kier molecular flexibility index (Phi) is 12.1. The highest BCUT2D eigenvalue weighted by molar-refractivity contribution is 5.82. The van der Waals surface area contributed by atoms with Gasteiger partial charge in [0, 0.05) is 12.5 Å². The van der Waals surface area contributed by atoms with Gasteiger partial charge in [0.25, 0.3) is 0 Å². The van der Waals surface area contributed by atoms with E-state index in [1.165, 1.54) is 103 Å². The van der Waals surface area contributed by atoms with Gasteiger partial charge in [-0.25, -0.2) is 4.79 Å². The molecule has 0 heterocycles. The van der Waals surface area contributed by atoms with E-state index in [1.54, 1.807) is 11.6 Å². The van der Waals surface area contributed by atoms with E-state index in [4.69, 9.17) is 4.74 Å². The Bertz CT molecular complexity index is 884. The number of fused-ring (bicyclic) bond motifs is 5. The molecule has 4 rings (SSSR count). The van der Waals surface area contributed by atoms with Crippen LogP contribution in [-0.4, -0.2) is 12.1 Å². The van der Waals surface area contributed by atoms with Crippen molar-refractivity contribution in [1.29, 1.82) is 0 Å². The van der Waals surface area contributed by atoms with Crippen molar-refractivity contribution < 1.29 is 9.53 Å². The maximum atomic E-state index is 12.6. The van der Waals surface area contributed by atoms with E-state index in [0.29, 0.717) is 10.8 Å². The van der Waals surface area contributed by atoms with Gasteiger partial charge in [-0.15, -0.1) is 0 Å². The zero-order chi connectivity index (χ0) is 29.5. The third kappa shape index (κ3) is 7.92. The second kappa shape index (κ2) is 15.1. The number of hydrogen-bond donors (Lipinski definition) is 0. The zero-order valence-electron chi connectivity index (χ0n) is 28.0. The molecular formula is C39H66O2. The summed E-state index contributed by atoms with van der Waals surface area (Å²) < 4.78 is 6.00. The highest BCUT2D eigenvalue weighted by Gasteiger charge is 2.59. The van der Waals surface area contributed by atoms with Crippen molar-refractivity contribution in [2.75, 3.05) is 0 Å². The summed E-state index contributed by atoms with van der Waals surface area (Å²) in [5.74, 6) is 5.11. The smallest absolute Gasteiger partial charge is 0.330 e. The molecule has 0 amide bonds. The van der Waals surface area contributed by atoms with Crippen LogP contribution >= 0.6 is 0 Å². The van der Waals surface area contributed by atoms with Crippen LogP contribution in [0.2, 0.25) is 0 Å². The Morgan fingerprint density at radius 1 is 0.927 bits per heavy atom. The lowest BCUT2D eigenvalue weighted by molar-refractivity contribution is -0.145. The fourth-order valence-electron chi connectivity index (χ4n) is 10.4. The summed E-state index contributed by atoms with van der Waals surface area (Å²) in [6.07, 6.45) is 31.1. The minimum Gasteiger partial charge on any atom is -0.459 e. The summed E-state index contributed by atoms with van der Waals surface area (Å²) in [6, 6.07) is 0. The summed E-state index contributed by atoms with van der Waals surface area (Å²) in [7, 11) is 0. The Labute approximate surface area is 254 Å². The monoisotopic (exact) mass is 567 g/mol. The number of carbonyl (C=O) groups is 1. The van der Waals surface area contributed by atoms with Crippen LogP contribution in [0.3, 0.4) is 0 Å². The van der Waals surface area contributed by atoms with Crippen LogP contribution in [0.1, 0.15) is 164 Å². The number of unbranched alkanes of at least 4 members (excludes halogenated alkanes) is 7. The summed E-state index contributed by atoms with van der Waals surface area (Å²) in [4.78, 5) is 12.6. The molecule has 2 nitrogen and oxygen atoms in total. The van der Waals surface area contributed by atoms with Gasteiger partial charge in [0.05, 0.1) is 0 Å². The largest absolute Gasteiger partial charge is 0.459 e. The highest BCUT2D eigenvalue weighted by atomic mass is 16.5. The SMILES string of the molecule is CCCCCCCCCC=CC(=O)OC1CC[C@@]2(C)C(=CC[C@H]3[C@@H]4CC[C@H]([C@H](C)CCCC(C)C)[C@@]4(C)CC[C@@H]32)C1. The lowest BCUT2D eigenvalue weighted by Gasteiger charge is -2.58. The van der Waals surface area contributed by atoms with Crippen molar-refractivity contribution in [2.45, 2.75) is 170 Å². The van der Waals surface area contributed by atoms with Gasteiger partial charge in [-0.1, -0.05) is 117 Å². The average molecular weight is 567 g/mol. The molecule has 0 saturated heterocycles. The molecule has 1 unspecified atom stereocenters. The van der Waals surface area contributed by atoms with E-state index in [1.807, 2.05) is 6.08 Å². The third-order valence-corrected chi connectivity index (χ3v) is 12.8. The summed E-state index contributed by atoms with van der Waals surface area (Å²) >= 11 is 0. The number of hydrogen-bond acceptors (Lipinski definition) is 2. The molecule has 234 valence electrons. The minimum atomic E-state index is -0.122. The Morgan fingerprint density at radius 2 is 1.68 bits per heavy atom. The maximum Gasteiger partial charge on any atom is 0.330 e. The lowest BCUT2D eigenvalue weighted by atomic mass is 9.47. The maximum absolute atomic E-state index is 12.6. The molecule has 0 aromatic rings. The molecule has 3 saturated carbocycles. The van der Waals surface area contributed by atoms with E-state index >= 15 is 0 Å². The first-order valence-corrected chi connectivity index (χ1v) is 18.3. The topological polar surface area (TPSA) is 26.3 Å². The molecule has 4 aliphatic rings. The van der Waals surface area contributed by atoms with Gasteiger partial charge in [0.15, 0.2) is 0 Å². The van der Waals surface area contributed by atoms with Gasteiger partial charge < -0.3 is 4.74 Å². The number of carbonyl (C=O) groups excluding carboxylic acids is 1. The van der Waals surface area contributed by atoms with Crippen LogP contribution in [0.15, 0.2) is 23.8 Å². The molecule has 3 fully saturated rings. The van der Waals surface area contributed by atoms with E-state index in [2.05, 4.69) is 47.6 Å². The van der Waals surface area contributed by atoms with Gasteiger partial charge in [-0.05, 0) is 104 Å². The second-order valence-electron chi connectivity index (χ2n) is 15.9. The summed E-state index contributed by atoms with van der Waals surface area (Å²) in [5, 5.41) is 0. The zero-order valence-corrected chi connectivity index (χ0v) is 28.0. The minimum absolute atomic E-state index is 0.0676. The van der Waals surface area contributed by atoms with Gasteiger partial charge >= 0.3 is 5.97 Å². The van der Waals surface area contributed by atoms with Crippen molar-refractivity contribution in [3.63, 3.8) is 0 Å². The first kappa shape index (κ1) is 32.9. The van der Waals surface area contributed by atoms with Gasteiger partial charge in [0.2, 0.25) is 0 Å². The molecule has 0 aromatic heterocycles. The van der Waals surface area contributed by atoms with Crippen LogP contribution in [-0.2, 0) is 9.53 Å². The fourth-order valence-corrected chi connectivity index (χ4v) is 10.4. The summed E-state index contributed by atoms with van der Waals surface area (Å²) in [5.41, 5.74) is 2.49. The van der Waals surface area contributed by atoms with Crippen LogP contribution in [0.4, 0.5) is 0 Å². The van der Waals surface area contributed by atoms with Gasteiger partial charge in [-0.2, -0.15) is 0 Å². The van der Waals surface area contributed by atoms with Crippen molar-refractivity contribution in [2.24, 2.45) is 46.3 Å². The Hall–Kier alpha value is -1.05. The molecule has 2 heteroatoms. The fraction of sp³-hybridized carbons (Fsp3) is 0.872. The third-order valence-electron chi connectivity index (χ3n) is 12.8. The van der Waals surface area contributed by atoms with Crippen molar-refractivity contribution >= 4 is 5.97 Å². The summed E-state index contributed by atoms with van der Waals surface area (Å²) in [6.45, 7) is 14.9. The lowest BCUT2D eigenvalue weighted by Crippen LogP contribution is -2.51. The van der Waals surface area contributed by atoms with E-state index in [9.17, 15) is 4.79 Å². The molecule has 41 heavy (non-hydrogen) atoms. The second-order valence-corrected chi connectivity index (χ2v) is 15.9. The van der Waals surface area contributed by atoms with Crippen molar-refractivity contribution in [1.82, 2.24) is 0 Å². The van der Waals surface area contributed by atoms with E-state index in [-0.39, 0.29) is 12.1 Å². The van der Waals surface area contributed by atoms with Crippen LogP contribution < -0.4 is 0 Å². The normalized spacial score (nSPS) is 35.6. The molecule has 0 radical (unpaired) electrons. The predicted octanol–water partition coefficient (Wildman–Crippen LogP) is 11.6. The first-order valence-electron chi connectivity index (χ1n) is 18.3. The first-order chi connectivity index (χ1) is 19.7. The van der Waals surface area contributed by atoms with Crippen molar-refractivity contribution in [3.05, 3.63) is 23.8 Å². The highest BCUT2D eigenvalue weighted by Crippen LogP contribution is 2.67. The standard InChI is InChI=1S/C39H66O2/c1-7-8-9-10-11-12-13-14-15-19-37(40)41-32-24-26-38(5)31(28-32)20-21-33-35-23-22-34(30(4)18-16-17-29(2)3)39(35,6)27-25-36(33)38/h15,19-20,29-30,32-36H,7-14,16-18,21-28H2,1-6H3/t30-,32?,33+,34-,35+,36+,38+,39-/m1/s1. The number of esters is 1. The van der Waals surface area contributed by atoms with Crippen LogP contribution in [0, 0.1) is 46.3 Å². The molecule has 0 spiro atoms. The predicted molar refractivity (Wildman–Crippen MR) is 175 cm³/mol. The number of allylic oxidation sites excluding steroid dienone is 2. The van der Waals surface area contributed by atoms with Crippen LogP contribution in [0.25, 0.3) is 0 Å². The van der Waals surface area contributed by atoms with Gasteiger partial charge in [0.1, 0.15) is 6.10 Å². The van der Waals surface area contributed by atoms with Crippen LogP contribution in [0.5, 0.6) is 0 Å². The molecule has 8 atom stereocenters. The van der Waals surface area contributed by atoms with Crippen molar-refractivity contribution in [3.8, 4) is 0 Å². The van der Waals surface area contributed by atoms with E-state index in [0.717, 1.165) is 54.8 Å². The van der Waals surface area contributed by atoms with Gasteiger partial charge in [-0.3, -0.25) is 0 Å². The number of ether oxygens (including phenoxy) is 1. The molecule has 0 N–H and O–H groups in total. The Morgan fingerprint density at radius 3 is 2.44 bits per heavy atom. The Balaban J connectivity index is 1.26. The molecule has 0 aliphatic heterocycles. The molecule has 0 aromatic carbocycles. The molecule has 4 aliphatic carbocycles. The number of rotatable bonds is 15. The quantitative estimate of drug-likeness (QED) is 0.0852. The molecule has 0 bridgehead atoms. The van der Waals surface area contributed by atoms with E-state index < -0.39 is 0 Å². The average Bonchev–Trinajstić information content (AvgIpc) is 3.29.